The minimum Gasteiger partial charge on any atom is -0.351 e. The van der Waals surface area contributed by atoms with Crippen LogP contribution in [0.1, 0.15) is 13.3 Å². The van der Waals surface area contributed by atoms with Gasteiger partial charge in [0.15, 0.2) is 0 Å². The van der Waals surface area contributed by atoms with E-state index >= 15 is 0 Å². The molecule has 90 valence electrons. The molecule has 16 heavy (non-hydrogen) atoms. The van der Waals surface area contributed by atoms with E-state index in [4.69, 9.17) is 0 Å². The minimum atomic E-state index is -4.46. The summed E-state index contributed by atoms with van der Waals surface area (Å²) in [6.45, 7) is 1.96. The number of aromatic nitrogens is 2. The van der Waals surface area contributed by atoms with Gasteiger partial charge in [-0.3, -0.25) is 9.48 Å². The molecule has 1 heterocycles. The Bertz CT molecular complexity index is 334. The first-order chi connectivity index (χ1) is 7.37. The number of amides is 1. The van der Waals surface area contributed by atoms with Gasteiger partial charge in [-0.15, -0.1) is 0 Å². The van der Waals surface area contributed by atoms with Crippen molar-refractivity contribution < 1.29 is 18.0 Å². The van der Waals surface area contributed by atoms with Crippen LogP contribution in [0.2, 0.25) is 0 Å². The maximum atomic E-state index is 11.9. The Kier molecular flexibility index (Phi) is 3.92. The molecule has 0 saturated carbocycles. The maximum absolute atomic E-state index is 11.9. The van der Waals surface area contributed by atoms with Gasteiger partial charge in [0, 0.05) is 18.4 Å². The third-order valence-corrected chi connectivity index (χ3v) is 1.79. The maximum Gasteiger partial charge on any atom is 0.397 e. The minimum absolute atomic E-state index is 0.344. The van der Waals surface area contributed by atoms with Crippen LogP contribution in [0.5, 0.6) is 0 Å². The van der Waals surface area contributed by atoms with Crippen LogP contribution in [-0.2, 0) is 11.3 Å². The molecule has 1 atom stereocenters. The molecule has 0 bridgehead atoms. The number of hydrogen-bond donors (Lipinski definition) is 1. The van der Waals surface area contributed by atoms with E-state index in [1.807, 2.05) is 0 Å². The number of hydrogen-bond acceptors (Lipinski definition) is 2. The van der Waals surface area contributed by atoms with Gasteiger partial charge in [-0.1, -0.05) is 0 Å². The normalized spacial score (nSPS) is 13.5. The Labute approximate surface area is 90.4 Å². The second kappa shape index (κ2) is 5.00. The van der Waals surface area contributed by atoms with E-state index < -0.39 is 24.5 Å². The summed E-state index contributed by atoms with van der Waals surface area (Å²) < 4.78 is 37.1. The van der Waals surface area contributed by atoms with Crippen LogP contribution < -0.4 is 5.32 Å². The number of carbonyl (C=O) groups excluding carboxylic acids is 1. The molecule has 0 saturated heterocycles. The lowest BCUT2D eigenvalue weighted by Gasteiger charge is -2.14. The van der Waals surface area contributed by atoms with Crippen molar-refractivity contribution >= 4 is 5.91 Å². The summed E-state index contributed by atoms with van der Waals surface area (Å²) in [6.07, 6.45) is -2.68. The molecule has 0 aliphatic heterocycles. The summed E-state index contributed by atoms with van der Waals surface area (Å²) in [5.74, 6) is -1.02. The molecule has 0 fully saturated rings. The first-order valence-corrected chi connectivity index (χ1v) is 4.70. The highest BCUT2D eigenvalue weighted by Gasteiger charge is 2.31. The molecule has 1 amide bonds. The summed E-state index contributed by atoms with van der Waals surface area (Å²) >= 11 is 0. The molecule has 1 aromatic heterocycles. The molecule has 0 radical (unpaired) electrons. The zero-order chi connectivity index (χ0) is 12.2. The van der Waals surface area contributed by atoms with E-state index in [0.29, 0.717) is 6.54 Å². The first-order valence-electron chi connectivity index (χ1n) is 4.70. The highest BCUT2D eigenvalue weighted by molar-refractivity contribution is 5.76. The quantitative estimate of drug-likeness (QED) is 0.856. The smallest absolute Gasteiger partial charge is 0.351 e. The van der Waals surface area contributed by atoms with Crippen LogP contribution in [0.15, 0.2) is 18.5 Å². The molecule has 1 rings (SSSR count). The van der Waals surface area contributed by atoms with Crippen molar-refractivity contribution in [2.24, 2.45) is 0 Å². The number of carbonyl (C=O) groups is 1. The van der Waals surface area contributed by atoms with Crippen molar-refractivity contribution in [2.75, 3.05) is 0 Å². The fourth-order valence-corrected chi connectivity index (χ4v) is 1.24. The Morgan fingerprint density at radius 1 is 1.56 bits per heavy atom. The Morgan fingerprint density at radius 3 is 2.75 bits per heavy atom. The van der Waals surface area contributed by atoms with Gasteiger partial charge in [-0.25, -0.2) is 0 Å². The third-order valence-electron chi connectivity index (χ3n) is 1.79. The van der Waals surface area contributed by atoms with Crippen molar-refractivity contribution in [3.63, 3.8) is 0 Å². The number of nitrogens with zero attached hydrogens (tertiary/aromatic N) is 2. The second-order valence-corrected chi connectivity index (χ2v) is 3.49. The molecule has 1 N–H and O–H groups in total. The predicted octanol–water partition coefficient (Wildman–Crippen LogP) is 1.34. The molecular formula is C9H12F3N3O. The topological polar surface area (TPSA) is 46.9 Å². The summed E-state index contributed by atoms with van der Waals surface area (Å²) in [5.41, 5.74) is 0. The second-order valence-electron chi connectivity index (χ2n) is 3.49. The van der Waals surface area contributed by atoms with Gasteiger partial charge in [0.05, 0.1) is 6.54 Å². The first kappa shape index (κ1) is 12.5. The Balaban J connectivity index is 2.34. The lowest BCUT2D eigenvalue weighted by Crippen LogP contribution is -2.37. The SMILES string of the molecule is C[C@@H](Cn1cccn1)NC(=O)CC(F)(F)F. The molecule has 1 aromatic rings. The monoisotopic (exact) mass is 235 g/mol. The van der Waals surface area contributed by atoms with Gasteiger partial charge in [0.25, 0.3) is 0 Å². The van der Waals surface area contributed by atoms with Gasteiger partial charge < -0.3 is 5.32 Å². The van der Waals surface area contributed by atoms with E-state index in [0.717, 1.165) is 0 Å². The van der Waals surface area contributed by atoms with Gasteiger partial charge >= 0.3 is 6.18 Å². The summed E-state index contributed by atoms with van der Waals surface area (Å²) in [4.78, 5) is 10.9. The zero-order valence-electron chi connectivity index (χ0n) is 8.66. The summed E-state index contributed by atoms with van der Waals surface area (Å²) in [5, 5.41) is 6.14. The van der Waals surface area contributed by atoms with E-state index in [-0.39, 0.29) is 0 Å². The molecule has 0 unspecified atom stereocenters. The Morgan fingerprint density at radius 2 is 2.25 bits per heavy atom. The van der Waals surface area contributed by atoms with Gasteiger partial charge in [0.2, 0.25) is 5.91 Å². The van der Waals surface area contributed by atoms with E-state index in [1.54, 1.807) is 30.1 Å². The fourth-order valence-electron chi connectivity index (χ4n) is 1.24. The number of nitrogens with one attached hydrogen (secondary N) is 1. The standard InChI is InChI=1S/C9H12F3N3O/c1-7(6-15-4-2-3-13-15)14-8(16)5-9(10,11)12/h2-4,7H,5-6H2,1H3,(H,14,16)/t7-/m0/s1. The molecule has 0 aliphatic rings. The average molecular weight is 235 g/mol. The largest absolute Gasteiger partial charge is 0.397 e. The van der Waals surface area contributed by atoms with Gasteiger partial charge in [-0.05, 0) is 13.0 Å². The van der Waals surface area contributed by atoms with Gasteiger partial charge in [-0.2, -0.15) is 18.3 Å². The molecular weight excluding hydrogens is 223 g/mol. The highest BCUT2D eigenvalue weighted by Crippen LogP contribution is 2.18. The lowest BCUT2D eigenvalue weighted by atomic mass is 10.3. The molecule has 0 aliphatic carbocycles. The zero-order valence-corrected chi connectivity index (χ0v) is 8.66. The van der Waals surface area contributed by atoms with Crippen molar-refractivity contribution in [3.8, 4) is 0 Å². The van der Waals surface area contributed by atoms with E-state index in [9.17, 15) is 18.0 Å². The van der Waals surface area contributed by atoms with E-state index in [1.165, 1.54) is 0 Å². The highest BCUT2D eigenvalue weighted by atomic mass is 19.4. The van der Waals surface area contributed by atoms with Crippen LogP contribution in [-0.4, -0.2) is 27.9 Å². The lowest BCUT2D eigenvalue weighted by molar-refractivity contribution is -0.154. The predicted molar refractivity (Wildman–Crippen MR) is 50.5 cm³/mol. The van der Waals surface area contributed by atoms with Crippen molar-refractivity contribution in [3.05, 3.63) is 18.5 Å². The van der Waals surface area contributed by atoms with Crippen LogP contribution in [0.3, 0.4) is 0 Å². The fraction of sp³-hybridized carbons (Fsp3) is 0.556. The third kappa shape index (κ3) is 4.81. The number of alkyl halides is 3. The summed E-state index contributed by atoms with van der Waals surface area (Å²) in [7, 11) is 0. The Hall–Kier alpha value is -1.53. The van der Waals surface area contributed by atoms with Crippen molar-refractivity contribution in [2.45, 2.75) is 32.1 Å². The van der Waals surface area contributed by atoms with Gasteiger partial charge in [0.1, 0.15) is 6.42 Å². The molecule has 4 nitrogen and oxygen atoms in total. The molecule has 7 heteroatoms. The van der Waals surface area contributed by atoms with Crippen molar-refractivity contribution in [1.29, 1.82) is 0 Å². The van der Waals surface area contributed by atoms with Crippen LogP contribution >= 0.6 is 0 Å². The molecule has 0 aromatic carbocycles. The number of halogens is 3. The average Bonchev–Trinajstić information content (AvgIpc) is 2.51. The van der Waals surface area contributed by atoms with Crippen LogP contribution in [0.25, 0.3) is 0 Å². The summed E-state index contributed by atoms with van der Waals surface area (Å²) in [6, 6.07) is 1.30. The van der Waals surface area contributed by atoms with Crippen LogP contribution in [0.4, 0.5) is 13.2 Å². The van der Waals surface area contributed by atoms with E-state index in [2.05, 4.69) is 10.4 Å². The molecule has 0 spiro atoms. The number of rotatable bonds is 4. The van der Waals surface area contributed by atoms with Crippen molar-refractivity contribution in [1.82, 2.24) is 15.1 Å². The van der Waals surface area contributed by atoms with Crippen LogP contribution in [0, 0.1) is 0 Å².